The van der Waals surface area contributed by atoms with Gasteiger partial charge in [0.05, 0.1) is 0 Å². The van der Waals surface area contributed by atoms with Crippen molar-refractivity contribution >= 4 is 21.6 Å². The van der Waals surface area contributed by atoms with Gasteiger partial charge < -0.3 is 5.32 Å². The van der Waals surface area contributed by atoms with Crippen LogP contribution >= 0.6 is 15.9 Å². The molecular formula is C15H22BrN3. The zero-order valence-electron chi connectivity index (χ0n) is 11.3. The number of fused-ring (bicyclic) bond motifs is 1. The van der Waals surface area contributed by atoms with Crippen LogP contribution in [-0.2, 0) is 0 Å². The molecule has 1 N–H and O–H groups in total. The van der Waals surface area contributed by atoms with E-state index in [4.69, 9.17) is 0 Å². The van der Waals surface area contributed by atoms with Crippen molar-refractivity contribution in [2.75, 3.05) is 44.6 Å². The number of hydrogen-bond donors (Lipinski definition) is 1. The third-order valence-electron chi connectivity index (χ3n) is 4.27. The average molecular weight is 324 g/mol. The second kappa shape index (κ2) is 6.25. The molecule has 1 aromatic carbocycles. The molecule has 104 valence electrons. The Bertz CT molecular complexity index is 406. The van der Waals surface area contributed by atoms with Crippen LogP contribution in [0.15, 0.2) is 28.7 Å². The lowest BCUT2D eigenvalue weighted by atomic mass is 10.1. The predicted molar refractivity (Wildman–Crippen MR) is 83.7 cm³/mol. The first-order chi connectivity index (χ1) is 9.31. The Labute approximate surface area is 124 Å². The van der Waals surface area contributed by atoms with Crippen LogP contribution in [0, 0.1) is 0 Å². The van der Waals surface area contributed by atoms with Crippen molar-refractivity contribution in [2.24, 2.45) is 0 Å². The molecule has 1 unspecified atom stereocenters. The number of nitrogens with one attached hydrogen (secondary N) is 1. The van der Waals surface area contributed by atoms with Crippen LogP contribution < -0.4 is 5.32 Å². The molecule has 2 saturated heterocycles. The van der Waals surface area contributed by atoms with Crippen LogP contribution in [-0.4, -0.2) is 55.1 Å². The first-order valence-corrected chi connectivity index (χ1v) is 8.06. The summed E-state index contributed by atoms with van der Waals surface area (Å²) in [7, 11) is 0. The third kappa shape index (κ3) is 3.50. The molecule has 3 rings (SSSR count). The van der Waals surface area contributed by atoms with Crippen molar-refractivity contribution in [3.8, 4) is 0 Å². The number of halogens is 1. The van der Waals surface area contributed by atoms with E-state index in [0.29, 0.717) is 0 Å². The highest BCUT2D eigenvalue weighted by molar-refractivity contribution is 9.10. The van der Waals surface area contributed by atoms with E-state index in [2.05, 4.69) is 55.3 Å². The monoisotopic (exact) mass is 323 g/mol. The van der Waals surface area contributed by atoms with Gasteiger partial charge in [-0.05, 0) is 43.7 Å². The molecule has 19 heavy (non-hydrogen) atoms. The second-order valence-electron chi connectivity index (χ2n) is 5.57. The molecule has 0 bridgehead atoms. The summed E-state index contributed by atoms with van der Waals surface area (Å²) in [5, 5.41) is 3.50. The number of benzene rings is 1. The summed E-state index contributed by atoms with van der Waals surface area (Å²) in [4.78, 5) is 5.27. The molecule has 0 saturated carbocycles. The first-order valence-electron chi connectivity index (χ1n) is 7.27. The molecule has 0 amide bonds. The lowest BCUT2D eigenvalue weighted by Crippen LogP contribution is -2.51. The zero-order chi connectivity index (χ0) is 13.1. The largest absolute Gasteiger partial charge is 0.384 e. The summed E-state index contributed by atoms with van der Waals surface area (Å²) in [5.41, 5.74) is 1.21. The summed E-state index contributed by atoms with van der Waals surface area (Å²) >= 11 is 3.46. The van der Waals surface area contributed by atoms with E-state index in [1.54, 1.807) is 0 Å². The van der Waals surface area contributed by atoms with Crippen molar-refractivity contribution in [3.05, 3.63) is 28.7 Å². The Morgan fingerprint density at radius 3 is 2.84 bits per heavy atom. The highest BCUT2D eigenvalue weighted by atomic mass is 79.9. The van der Waals surface area contributed by atoms with Crippen LogP contribution in [0.25, 0.3) is 0 Å². The van der Waals surface area contributed by atoms with Crippen molar-refractivity contribution < 1.29 is 0 Å². The Balaban J connectivity index is 1.41. The van der Waals surface area contributed by atoms with Crippen molar-refractivity contribution in [1.29, 1.82) is 0 Å². The molecule has 1 atom stereocenters. The van der Waals surface area contributed by atoms with E-state index in [-0.39, 0.29) is 0 Å². The average Bonchev–Trinajstić information content (AvgIpc) is 2.88. The first kappa shape index (κ1) is 13.4. The molecule has 0 aromatic heterocycles. The van der Waals surface area contributed by atoms with Gasteiger partial charge in [0.2, 0.25) is 0 Å². The summed E-state index contributed by atoms with van der Waals surface area (Å²) in [6.07, 6.45) is 2.80. The van der Waals surface area contributed by atoms with Crippen LogP contribution in [0.3, 0.4) is 0 Å². The third-order valence-corrected chi connectivity index (χ3v) is 4.80. The lowest BCUT2D eigenvalue weighted by Gasteiger charge is -2.37. The van der Waals surface area contributed by atoms with Gasteiger partial charge in [-0.3, -0.25) is 9.80 Å². The van der Waals surface area contributed by atoms with Gasteiger partial charge in [0.1, 0.15) is 0 Å². The number of nitrogens with zero attached hydrogens (tertiary/aromatic N) is 2. The quantitative estimate of drug-likeness (QED) is 0.919. The SMILES string of the molecule is Brc1ccc(NCCN2CCN3CCCC3C2)cc1. The molecule has 2 aliphatic heterocycles. The maximum Gasteiger partial charge on any atom is 0.0341 e. The van der Waals surface area contributed by atoms with Gasteiger partial charge in [0.15, 0.2) is 0 Å². The minimum Gasteiger partial charge on any atom is -0.384 e. The summed E-state index contributed by atoms with van der Waals surface area (Å²) in [6, 6.07) is 9.25. The van der Waals surface area contributed by atoms with Gasteiger partial charge in [-0.25, -0.2) is 0 Å². The van der Waals surface area contributed by atoms with Crippen molar-refractivity contribution in [3.63, 3.8) is 0 Å². The Morgan fingerprint density at radius 2 is 2.00 bits per heavy atom. The lowest BCUT2D eigenvalue weighted by molar-refractivity contribution is 0.108. The van der Waals surface area contributed by atoms with Crippen LogP contribution in [0.2, 0.25) is 0 Å². The topological polar surface area (TPSA) is 18.5 Å². The van der Waals surface area contributed by atoms with E-state index < -0.39 is 0 Å². The summed E-state index contributed by atoms with van der Waals surface area (Å²) in [5.74, 6) is 0. The van der Waals surface area contributed by atoms with E-state index in [0.717, 1.165) is 23.6 Å². The highest BCUT2D eigenvalue weighted by Crippen LogP contribution is 2.21. The maximum absolute atomic E-state index is 3.50. The molecule has 0 aliphatic carbocycles. The standard InChI is InChI=1S/C15H22BrN3/c16-13-3-5-14(6-4-13)17-7-9-18-10-11-19-8-1-2-15(19)12-18/h3-6,15,17H,1-2,7-12H2. The maximum atomic E-state index is 3.50. The zero-order valence-corrected chi connectivity index (χ0v) is 12.9. The van der Waals surface area contributed by atoms with Gasteiger partial charge in [0.25, 0.3) is 0 Å². The van der Waals surface area contributed by atoms with Gasteiger partial charge >= 0.3 is 0 Å². The molecule has 3 nitrogen and oxygen atoms in total. The van der Waals surface area contributed by atoms with Gasteiger partial charge in [-0.1, -0.05) is 15.9 Å². The smallest absolute Gasteiger partial charge is 0.0341 e. The van der Waals surface area contributed by atoms with Crippen LogP contribution in [0.1, 0.15) is 12.8 Å². The van der Waals surface area contributed by atoms with Crippen molar-refractivity contribution in [2.45, 2.75) is 18.9 Å². The molecule has 0 spiro atoms. The molecule has 4 heteroatoms. The van der Waals surface area contributed by atoms with E-state index in [1.165, 1.54) is 44.7 Å². The second-order valence-corrected chi connectivity index (χ2v) is 6.48. The molecule has 2 heterocycles. The fraction of sp³-hybridized carbons (Fsp3) is 0.600. The van der Waals surface area contributed by atoms with E-state index in [9.17, 15) is 0 Å². The van der Waals surface area contributed by atoms with Crippen LogP contribution in [0.4, 0.5) is 5.69 Å². The predicted octanol–water partition coefficient (Wildman–Crippen LogP) is 2.64. The number of hydrogen-bond acceptors (Lipinski definition) is 3. The minimum absolute atomic E-state index is 0.835. The van der Waals surface area contributed by atoms with Gasteiger partial charge in [0, 0.05) is 48.9 Å². The highest BCUT2D eigenvalue weighted by Gasteiger charge is 2.29. The number of anilines is 1. The molecule has 2 fully saturated rings. The minimum atomic E-state index is 0.835. The number of rotatable bonds is 4. The number of piperazine rings is 1. The molecule has 2 aliphatic rings. The van der Waals surface area contributed by atoms with E-state index >= 15 is 0 Å². The van der Waals surface area contributed by atoms with Gasteiger partial charge in [-0.15, -0.1) is 0 Å². The Hall–Kier alpha value is -0.580. The normalized spacial score (nSPS) is 24.4. The molecular weight excluding hydrogens is 302 g/mol. The Morgan fingerprint density at radius 1 is 1.16 bits per heavy atom. The van der Waals surface area contributed by atoms with Crippen LogP contribution in [0.5, 0.6) is 0 Å². The summed E-state index contributed by atoms with van der Waals surface area (Å²) in [6.45, 7) is 7.29. The summed E-state index contributed by atoms with van der Waals surface area (Å²) < 4.78 is 1.13. The van der Waals surface area contributed by atoms with Gasteiger partial charge in [-0.2, -0.15) is 0 Å². The molecule has 1 aromatic rings. The Kier molecular flexibility index (Phi) is 4.41. The fourth-order valence-electron chi connectivity index (χ4n) is 3.18. The van der Waals surface area contributed by atoms with Crippen molar-refractivity contribution in [1.82, 2.24) is 9.80 Å². The molecule has 0 radical (unpaired) electrons. The van der Waals surface area contributed by atoms with E-state index in [1.807, 2.05) is 0 Å². The fourth-order valence-corrected chi connectivity index (χ4v) is 3.45.